The second kappa shape index (κ2) is 10.6. The first-order valence-corrected chi connectivity index (χ1v) is 17.0. The van der Waals surface area contributed by atoms with E-state index in [4.69, 9.17) is 9.97 Å². The number of nitrogens with zero attached hydrogens (tertiary/aromatic N) is 2. The molecule has 1 atom stereocenters. The number of rotatable bonds is 6. The number of carbonyl (C=O) groups is 2. The largest absolute Gasteiger partial charge is 0.321 e. The van der Waals surface area contributed by atoms with Gasteiger partial charge in [0, 0.05) is 4.90 Å². The summed E-state index contributed by atoms with van der Waals surface area (Å²) in [5.74, 6) is -0.281. The fourth-order valence-corrected chi connectivity index (χ4v) is 9.71. The van der Waals surface area contributed by atoms with Gasteiger partial charge in [0.15, 0.2) is 8.68 Å². The normalized spacial score (nSPS) is 18.3. The van der Waals surface area contributed by atoms with E-state index in [1.165, 1.54) is 9.61 Å². The van der Waals surface area contributed by atoms with Crippen LogP contribution in [-0.2, 0) is 9.59 Å². The number of carbonyl (C=O) groups excluding carboxylic acids is 2. The Balaban J connectivity index is 1.06. The standard InChI is InChI=1S/C33H22N4O2S4/c1-17-16-19(12-15-23(17)41-33-35-22-7-3-5-9-25(22)43-33)29-27-26(30(38)37-29)28(36-31(27)39)18-10-13-20(14-11-18)40-32-34-21-6-2-4-8-24(21)42-32/h2-15,17H,16H2,1H3,(H,36,39)(H,37,38). The van der Waals surface area contributed by atoms with E-state index in [0.717, 1.165) is 46.9 Å². The van der Waals surface area contributed by atoms with Gasteiger partial charge in [-0.2, -0.15) is 0 Å². The number of aromatic nitrogens is 2. The number of allylic oxidation sites excluding steroid dienone is 4. The van der Waals surface area contributed by atoms with Crippen molar-refractivity contribution in [3.63, 3.8) is 0 Å². The van der Waals surface area contributed by atoms with E-state index in [-0.39, 0.29) is 17.7 Å². The monoisotopic (exact) mass is 634 g/mol. The molecule has 10 heteroatoms. The van der Waals surface area contributed by atoms with Crippen molar-refractivity contribution >= 4 is 84.1 Å². The Morgan fingerprint density at radius 3 is 1.93 bits per heavy atom. The molecular weight excluding hydrogens is 613 g/mol. The Kier molecular flexibility index (Phi) is 6.59. The third-order valence-corrected chi connectivity index (χ3v) is 12.0. The van der Waals surface area contributed by atoms with Crippen LogP contribution in [0.5, 0.6) is 0 Å². The molecule has 0 fully saturated rings. The lowest BCUT2D eigenvalue weighted by atomic mass is 9.91. The fraction of sp³-hybridized carbons (Fsp3) is 0.0909. The molecule has 43 heavy (non-hydrogen) atoms. The molecule has 2 aliphatic heterocycles. The highest BCUT2D eigenvalue weighted by Gasteiger charge is 2.41. The van der Waals surface area contributed by atoms with Crippen molar-refractivity contribution < 1.29 is 9.59 Å². The number of para-hydroxylation sites is 2. The van der Waals surface area contributed by atoms with Gasteiger partial charge >= 0.3 is 0 Å². The number of hydrogen-bond donors (Lipinski definition) is 2. The Labute approximate surface area is 263 Å². The Bertz CT molecular complexity index is 2050. The molecule has 0 saturated heterocycles. The average molecular weight is 635 g/mol. The summed E-state index contributed by atoms with van der Waals surface area (Å²) in [6.45, 7) is 2.17. The first kappa shape index (κ1) is 26.7. The van der Waals surface area contributed by atoms with E-state index < -0.39 is 0 Å². The van der Waals surface area contributed by atoms with Crippen LogP contribution in [0.3, 0.4) is 0 Å². The first-order chi connectivity index (χ1) is 21.0. The molecule has 2 N–H and O–H groups in total. The molecule has 0 radical (unpaired) electrons. The van der Waals surface area contributed by atoms with Crippen molar-refractivity contribution in [1.29, 1.82) is 0 Å². The average Bonchev–Trinajstić information content (AvgIpc) is 3.77. The zero-order valence-electron chi connectivity index (χ0n) is 22.7. The zero-order valence-corrected chi connectivity index (χ0v) is 26.0. The van der Waals surface area contributed by atoms with Gasteiger partial charge in [-0.25, -0.2) is 9.97 Å². The second-order valence-corrected chi connectivity index (χ2v) is 15.1. The fourth-order valence-electron chi connectivity index (χ4n) is 5.48. The van der Waals surface area contributed by atoms with Crippen LogP contribution >= 0.6 is 46.2 Å². The van der Waals surface area contributed by atoms with Gasteiger partial charge in [-0.05, 0) is 64.8 Å². The molecule has 3 aromatic carbocycles. The van der Waals surface area contributed by atoms with Crippen molar-refractivity contribution in [1.82, 2.24) is 20.6 Å². The highest BCUT2D eigenvalue weighted by atomic mass is 32.2. The maximum absolute atomic E-state index is 13.2. The molecule has 1 aliphatic carbocycles. The van der Waals surface area contributed by atoms with Crippen LogP contribution in [-0.4, -0.2) is 21.8 Å². The minimum Gasteiger partial charge on any atom is -0.321 e. The van der Waals surface area contributed by atoms with Crippen molar-refractivity contribution in [3.8, 4) is 0 Å². The van der Waals surface area contributed by atoms with E-state index >= 15 is 0 Å². The number of thiazole rings is 2. The lowest BCUT2D eigenvalue weighted by Gasteiger charge is -2.21. The maximum Gasteiger partial charge on any atom is 0.258 e. The molecule has 6 nitrogen and oxygen atoms in total. The van der Waals surface area contributed by atoms with Crippen molar-refractivity contribution in [2.75, 3.05) is 0 Å². The van der Waals surface area contributed by atoms with Gasteiger partial charge in [0.2, 0.25) is 0 Å². The zero-order chi connectivity index (χ0) is 29.1. The topological polar surface area (TPSA) is 84.0 Å². The number of amides is 2. The van der Waals surface area contributed by atoms with E-state index in [2.05, 4.69) is 35.8 Å². The summed E-state index contributed by atoms with van der Waals surface area (Å²) in [7, 11) is 0. The van der Waals surface area contributed by atoms with Crippen molar-refractivity contribution in [2.24, 2.45) is 5.92 Å². The summed E-state index contributed by atoms with van der Waals surface area (Å²) in [4.78, 5) is 38.2. The Hall–Kier alpha value is -3.96. The van der Waals surface area contributed by atoms with E-state index in [1.807, 2.05) is 66.7 Å². The van der Waals surface area contributed by atoms with Crippen molar-refractivity contribution in [2.45, 2.75) is 26.9 Å². The Morgan fingerprint density at radius 1 is 0.721 bits per heavy atom. The lowest BCUT2D eigenvalue weighted by molar-refractivity contribution is -0.117. The molecule has 0 spiro atoms. The number of fused-ring (bicyclic) bond motifs is 3. The first-order valence-electron chi connectivity index (χ1n) is 13.7. The minimum absolute atomic E-state index is 0.222. The van der Waals surface area contributed by atoms with Crippen molar-refractivity contribution in [3.05, 3.63) is 118 Å². The van der Waals surface area contributed by atoms with Crippen LogP contribution in [0.4, 0.5) is 0 Å². The Morgan fingerprint density at radius 2 is 1.30 bits per heavy atom. The van der Waals surface area contributed by atoms with E-state index in [9.17, 15) is 9.59 Å². The highest BCUT2D eigenvalue weighted by Crippen LogP contribution is 2.44. The third kappa shape index (κ3) is 4.84. The summed E-state index contributed by atoms with van der Waals surface area (Å²) < 4.78 is 4.32. The molecule has 2 amide bonds. The van der Waals surface area contributed by atoms with Gasteiger partial charge in [-0.15, -0.1) is 22.7 Å². The molecular formula is C33H22N4O2S4. The maximum atomic E-state index is 13.2. The lowest BCUT2D eigenvalue weighted by Crippen LogP contribution is -2.23. The van der Waals surface area contributed by atoms with Crippen LogP contribution in [0.15, 0.2) is 126 Å². The van der Waals surface area contributed by atoms with Gasteiger partial charge in [-0.1, -0.05) is 79.0 Å². The predicted octanol–water partition coefficient (Wildman–Crippen LogP) is 7.92. The van der Waals surface area contributed by atoms with Gasteiger partial charge in [0.1, 0.15) is 0 Å². The molecule has 0 bridgehead atoms. The molecule has 210 valence electrons. The number of nitrogens with one attached hydrogen (secondary N) is 2. The summed E-state index contributed by atoms with van der Waals surface area (Å²) in [5, 5.41) is 5.99. The van der Waals surface area contributed by atoms with E-state index in [0.29, 0.717) is 22.5 Å². The molecule has 8 rings (SSSR count). The van der Waals surface area contributed by atoms with Crippen LogP contribution in [0.2, 0.25) is 0 Å². The molecule has 3 aliphatic rings. The van der Waals surface area contributed by atoms with Crippen LogP contribution in [0, 0.1) is 5.92 Å². The summed E-state index contributed by atoms with van der Waals surface area (Å²) in [6.07, 6.45) is 4.84. The second-order valence-electron chi connectivity index (χ2n) is 10.4. The third-order valence-electron chi connectivity index (χ3n) is 7.56. The van der Waals surface area contributed by atoms with Gasteiger partial charge in [0.05, 0.1) is 43.0 Å². The van der Waals surface area contributed by atoms with E-state index in [1.54, 1.807) is 46.2 Å². The number of hydrogen-bond acceptors (Lipinski definition) is 8. The molecule has 1 unspecified atom stereocenters. The number of benzene rings is 3. The number of thioether (sulfide) groups is 1. The quantitative estimate of drug-likeness (QED) is 0.197. The molecule has 0 saturated carbocycles. The van der Waals surface area contributed by atoms with Crippen LogP contribution < -0.4 is 10.6 Å². The smallest absolute Gasteiger partial charge is 0.258 e. The van der Waals surface area contributed by atoms with Crippen LogP contribution in [0.25, 0.3) is 26.1 Å². The van der Waals surface area contributed by atoms with Gasteiger partial charge in [-0.3, -0.25) is 9.59 Å². The molecule has 4 heterocycles. The van der Waals surface area contributed by atoms with Crippen LogP contribution in [0.1, 0.15) is 18.9 Å². The highest BCUT2D eigenvalue weighted by molar-refractivity contribution is 8.04. The summed E-state index contributed by atoms with van der Waals surface area (Å²) in [6, 6.07) is 24.2. The SMILES string of the molecule is CC1CC(C2=C3C(=O)NC(c4ccc(Sc5nc6ccccc6s5)cc4)=C3C(=O)N2)=CC=C1Sc1nc2ccccc2s1. The molecule has 5 aromatic rings. The van der Waals surface area contributed by atoms with Gasteiger partial charge in [0.25, 0.3) is 11.8 Å². The summed E-state index contributed by atoms with van der Waals surface area (Å²) >= 11 is 6.65. The minimum atomic E-state index is -0.251. The summed E-state index contributed by atoms with van der Waals surface area (Å²) in [5.41, 5.74) is 5.78. The predicted molar refractivity (Wildman–Crippen MR) is 176 cm³/mol. The van der Waals surface area contributed by atoms with Gasteiger partial charge < -0.3 is 10.6 Å². The molecule has 2 aromatic heterocycles.